The Morgan fingerprint density at radius 2 is 1.71 bits per heavy atom. The average Bonchev–Trinajstić information content (AvgIpc) is 3.51. The van der Waals surface area contributed by atoms with Gasteiger partial charge in [0, 0.05) is 5.56 Å². The van der Waals surface area contributed by atoms with Crippen molar-refractivity contribution in [3.05, 3.63) is 89.0 Å². The van der Waals surface area contributed by atoms with Gasteiger partial charge in [0.15, 0.2) is 5.13 Å². The van der Waals surface area contributed by atoms with Gasteiger partial charge in [-0.2, -0.15) is 0 Å². The van der Waals surface area contributed by atoms with Crippen LogP contribution in [0.15, 0.2) is 72.3 Å². The van der Waals surface area contributed by atoms with Gasteiger partial charge in [-0.25, -0.2) is 4.98 Å². The summed E-state index contributed by atoms with van der Waals surface area (Å²) in [5, 5.41) is 11.9. The van der Waals surface area contributed by atoms with Crippen molar-refractivity contribution in [1.29, 1.82) is 0 Å². The maximum Gasteiger partial charge on any atom is 0.301 e. The molecule has 1 saturated heterocycles. The molecule has 1 aromatic heterocycles. The van der Waals surface area contributed by atoms with Gasteiger partial charge in [0.1, 0.15) is 17.3 Å². The molecule has 1 amide bonds. The largest absolute Gasteiger partial charge is 0.507 e. The van der Waals surface area contributed by atoms with Crippen LogP contribution in [0.5, 0.6) is 11.5 Å². The van der Waals surface area contributed by atoms with E-state index in [0.717, 1.165) is 41.5 Å². The number of aryl methyl sites for hydroxylation is 1. The Hall–Kier alpha value is -4.17. The summed E-state index contributed by atoms with van der Waals surface area (Å²) >= 11 is 1.35. The molecule has 3 aromatic carbocycles. The Balaban J connectivity index is 1.59. The molecule has 1 atom stereocenters. The molecular formula is C33H34N2O5S. The molecule has 4 aromatic rings. The molecule has 5 rings (SSSR count). The highest BCUT2D eigenvalue weighted by molar-refractivity contribution is 7.22. The Bertz CT molecular complexity index is 1590. The minimum atomic E-state index is -0.869. The quantitative estimate of drug-likeness (QED) is 0.0865. The van der Waals surface area contributed by atoms with Crippen LogP contribution in [0.4, 0.5) is 5.13 Å². The molecule has 0 saturated carbocycles. The van der Waals surface area contributed by atoms with E-state index in [2.05, 4.69) is 6.92 Å². The van der Waals surface area contributed by atoms with Crippen molar-refractivity contribution in [3.63, 3.8) is 0 Å². The molecule has 0 radical (unpaired) electrons. The second-order valence-corrected chi connectivity index (χ2v) is 11.1. The van der Waals surface area contributed by atoms with Gasteiger partial charge < -0.3 is 14.6 Å². The van der Waals surface area contributed by atoms with Crippen LogP contribution >= 0.6 is 11.3 Å². The van der Waals surface area contributed by atoms with E-state index in [-0.39, 0.29) is 11.3 Å². The van der Waals surface area contributed by atoms with Gasteiger partial charge in [0.25, 0.3) is 5.78 Å². The third-order valence-electron chi connectivity index (χ3n) is 6.98. The van der Waals surface area contributed by atoms with Crippen LogP contribution < -0.4 is 14.4 Å². The Kier molecular flexibility index (Phi) is 8.69. The number of ether oxygens (including phenoxy) is 2. The van der Waals surface area contributed by atoms with Gasteiger partial charge in [-0.3, -0.25) is 14.5 Å². The lowest BCUT2D eigenvalue weighted by Gasteiger charge is -2.23. The average molecular weight is 571 g/mol. The molecule has 212 valence electrons. The number of hydrogen-bond donors (Lipinski definition) is 1. The lowest BCUT2D eigenvalue weighted by Crippen LogP contribution is -2.29. The number of fused-ring (bicyclic) bond motifs is 1. The minimum absolute atomic E-state index is 0.00897. The number of Topliss-reactive ketones (excluding diaryl/α,β-unsaturated/α-hetero) is 1. The fourth-order valence-electron chi connectivity index (χ4n) is 4.86. The first kappa shape index (κ1) is 28.4. The van der Waals surface area contributed by atoms with Crippen LogP contribution in [-0.4, -0.2) is 35.0 Å². The van der Waals surface area contributed by atoms with Gasteiger partial charge in [-0.15, -0.1) is 0 Å². The summed E-state index contributed by atoms with van der Waals surface area (Å²) in [6.45, 7) is 7.30. The molecule has 0 bridgehead atoms. The minimum Gasteiger partial charge on any atom is -0.507 e. The summed E-state index contributed by atoms with van der Waals surface area (Å²) in [6.07, 6.45) is 4.01. The van der Waals surface area contributed by atoms with Gasteiger partial charge >= 0.3 is 5.91 Å². The van der Waals surface area contributed by atoms with E-state index < -0.39 is 17.7 Å². The maximum atomic E-state index is 13.6. The van der Waals surface area contributed by atoms with Crippen LogP contribution in [0, 0.1) is 6.92 Å². The van der Waals surface area contributed by atoms with Crippen molar-refractivity contribution in [2.45, 2.75) is 52.5 Å². The second-order valence-electron chi connectivity index (χ2n) is 10.1. The fourth-order valence-corrected chi connectivity index (χ4v) is 5.96. The van der Waals surface area contributed by atoms with Crippen molar-refractivity contribution in [2.75, 3.05) is 18.1 Å². The molecule has 0 aliphatic carbocycles. The van der Waals surface area contributed by atoms with Gasteiger partial charge in [0.05, 0.1) is 35.0 Å². The highest BCUT2D eigenvalue weighted by Gasteiger charge is 2.48. The van der Waals surface area contributed by atoms with Crippen LogP contribution in [0.25, 0.3) is 16.0 Å². The molecule has 1 N–H and O–H groups in total. The predicted molar refractivity (Wildman–Crippen MR) is 163 cm³/mol. The number of nitrogens with zero attached hydrogens (tertiary/aromatic N) is 2. The predicted octanol–water partition coefficient (Wildman–Crippen LogP) is 7.59. The number of carbonyl (C=O) groups excluding carboxylic acids is 2. The SMILES string of the molecule is CCCCCOc1ccc(C2C(=C(O)c3cccc(OCCC)c3)C(=O)C(=O)N2c2nc3ccc(C)cc3s2)cc1. The number of hydrogen-bond acceptors (Lipinski definition) is 7. The molecule has 41 heavy (non-hydrogen) atoms. The highest BCUT2D eigenvalue weighted by atomic mass is 32.1. The van der Waals surface area contributed by atoms with E-state index in [1.54, 1.807) is 24.3 Å². The lowest BCUT2D eigenvalue weighted by molar-refractivity contribution is -0.132. The summed E-state index contributed by atoms with van der Waals surface area (Å²) in [6, 6.07) is 19.3. The molecular weight excluding hydrogens is 536 g/mol. The lowest BCUT2D eigenvalue weighted by atomic mass is 9.95. The van der Waals surface area contributed by atoms with E-state index >= 15 is 0 Å². The summed E-state index contributed by atoms with van der Waals surface area (Å²) in [5.74, 6) is -0.464. The molecule has 1 aliphatic heterocycles. The van der Waals surface area contributed by atoms with Crippen LogP contribution in [0.1, 0.15) is 62.3 Å². The first-order valence-electron chi connectivity index (χ1n) is 14.1. The number of rotatable bonds is 11. The number of thiazole rings is 1. The number of ketones is 1. The number of aliphatic hydroxyl groups is 1. The van der Waals surface area contributed by atoms with Gasteiger partial charge in [-0.05, 0) is 67.3 Å². The number of aromatic nitrogens is 1. The van der Waals surface area contributed by atoms with Crippen molar-refractivity contribution < 1.29 is 24.2 Å². The fraction of sp³-hybridized carbons (Fsp3) is 0.303. The molecule has 7 nitrogen and oxygen atoms in total. The number of aliphatic hydroxyl groups excluding tert-OH is 1. The van der Waals surface area contributed by atoms with Crippen molar-refractivity contribution in [3.8, 4) is 11.5 Å². The Morgan fingerprint density at radius 3 is 2.46 bits per heavy atom. The third-order valence-corrected chi connectivity index (χ3v) is 7.99. The zero-order valence-corrected chi connectivity index (χ0v) is 24.4. The van der Waals surface area contributed by atoms with E-state index in [1.165, 1.54) is 16.2 Å². The molecule has 8 heteroatoms. The van der Waals surface area contributed by atoms with E-state index in [9.17, 15) is 14.7 Å². The van der Waals surface area contributed by atoms with E-state index in [1.807, 2.05) is 56.3 Å². The van der Waals surface area contributed by atoms with Crippen LogP contribution in [0.3, 0.4) is 0 Å². The molecule has 0 spiro atoms. The van der Waals surface area contributed by atoms with E-state index in [0.29, 0.717) is 41.0 Å². The van der Waals surface area contributed by atoms with Crippen molar-refractivity contribution in [1.82, 2.24) is 4.98 Å². The first-order valence-corrected chi connectivity index (χ1v) is 14.9. The number of benzene rings is 3. The van der Waals surface area contributed by atoms with Crippen LogP contribution in [0.2, 0.25) is 0 Å². The number of anilines is 1. The first-order chi connectivity index (χ1) is 19.9. The summed E-state index contributed by atoms with van der Waals surface area (Å²) in [7, 11) is 0. The van der Waals surface area contributed by atoms with Crippen molar-refractivity contribution >= 4 is 44.1 Å². The molecule has 2 heterocycles. The highest BCUT2D eigenvalue weighted by Crippen LogP contribution is 2.44. The zero-order valence-electron chi connectivity index (χ0n) is 23.6. The Labute approximate surface area is 244 Å². The van der Waals surface area contributed by atoms with Crippen LogP contribution in [-0.2, 0) is 9.59 Å². The van der Waals surface area contributed by atoms with Gasteiger partial charge in [0.2, 0.25) is 0 Å². The topological polar surface area (TPSA) is 89.0 Å². The van der Waals surface area contributed by atoms with Crippen molar-refractivity contribution in [2.24, 2.45) is 0 Å². The summed E-state index contributed by atoms with van der Waals surface area (Å²) in [4.78, 5) is 33.3. The third kappa shape index (κ3) is 5.98. The van der Waals surface area contributed by atoms with Gasteiger partial charge in [-0.1, -0.05) is 68.4 Å². The monoisotopic (exact) mass is 570 g/mol. The zero-order chi connectivity index (χ0) is 28.9. The Morgan fingerprint density at radius 1 is 0.927 bits per heavy atom. The molecule has 1 fully saturated rings. The summed E-state index contributed by atoms with van der Waals surface area (Å²) < 4.78 is 12.5. The standard InChI is InChI=1S/C33H34N2O5S/c1-4-6-7-18-40-24-14-12-22(13-15-24)29-28(30(36)23-9-8-10-25(20-23)39-17-5-2)31(37)32(38)35(29)33-34-26-16-11-21(3)19-27(26)41-33/h8-16,19-20,29,36H,4-7,17-18H2,1-3H3. The smallest absolute Gasteiger partial charge is 0.301 e. The number of amides is 1. The maximum absolute atomic E-state index is 13.6. The molecule has 1 unspecified atom stereocenters. The second kappa shape index (κ2) is 12.6. The van der Waals surface area contributed by atoms with E-state index in [4.69, 9.17) is 14.5 Å². The molecule has 1 aliphatic rings. The number of carbonyl (C=O) groups is 2. The normalized spacial score (nSPS) is 16.5. The number of unbranched alkanes of at least 4 members (excludes halogenated alkanes) is 2. The summed E-state index contributed by atoms with van der Waals surface area (Å²) in [5.41, 5.74) is 2.89.